The van der Waals surface area contributed by atoms with Crippen LogP contribution in [-0.4, -0.2) is 37.1 Å². The second kappa shape index (κ2) is 6.29. The van der Waals surface area contributed by atoms with Gasteiger partial charge in [-0.05, 0) is 73.8 Å². The number of rotatable bonds is 2. The number of carbonyl (C=O) groups is 1. The monoisotopic (exact) mass is 321 g/mol. The normalized spacial score (nSPS) is 17.2. The maximum Gasteiger partial charge on any atom is 0.319 e. The van der Waals surface area contributed by atoms with Crippen LogP contribution in [0.3, 0.4) is 0 Å². The maximum atomic E-state index is 12.2. The second-order valence-corrected chi connectivity index (χ2v) is 6.88. The number of hydrogen-bond acceptors (Lipinski definition) is 2. The molecule has 1 fully saturated rings. The van der Waals surface area contributed by atoms with Gasteiger partial charge in [0.15, 0.2) is 0 Å². The average Bonchev–Trinajstić information content (AvgIpc) is 2.94. The molecule has 1 saturated heterocycles. The molecule has 1 aliphatic heterocycles. The summed E-state index contributed by atoms with van der Waals surface area (Å²) < 4.78 is 0. The van der Waals surface area contributed by atoms with Crippen molar-refractivity contribution in [3.8, 4) is 11.1 Å². The summed E-state index contributed by atoms with van der Waals surface area (Å²) in [6.45, 7) is 2.09. The number of nitrogens with one attached hydrogen (secondary N) is 2. The summed E-state index contributed by atoms with van der Waals surface area (Å²) in [6.07, 6.45) is 2.98. The van der Waals surface area contributed by atoms with E-state index in [-0.39, 0.29) is 12.1 Å². The van der Waals surface area contributed by atoms with Crippen LogP contribution in [0.2, 0.25) is 0 Å². The van der Waals surface area contributed by atoms with Crippen molar-refractivity contribution in [2.45, 2.75) is 25.3 Å². The first-order valence-corrected chi connectivity index (χ1v) is 8.66. The van der Waals surface area contributed by atoms with Gasteiger partial charge >= 0.3 is 6.03 Å². The molecule has 0 saturated carbocycles. The van der Waals surface area contributed by atoms with Gasteiger partial charge in [0.1, 0.15) is 0 Å². The summed E-state index contributed by atoms with van der Waals surface area (Å²) in [5.41, 5.74) is 6.11. The highest BCUT2D eigenvalue weighted by Crippen LogP contribution is 2.37. The number of fused-ring (bicyclic) bond motifs is 3. The third-order valence-corrected chi connectivity index (χ3v) is 5.11. The quantitative estimate of drug-likeness (QED) is 0.759. The van der Waals surface area contributed by atoms with Crippen molar-refractivity contribution in [3.05, 3.63) is 53.6 Å². The van der Waals surface area contributed by atoms with Crippen molar-refractivity contribution in [1.29, 1.82) is 0 Å². The van der Waals surface area contributed by atoms with Gasteiger partial charge in [-0.2, -0.15) is 0 Å². The highest BCUT2D eigenvalue weighted by atomic mass is 16.2. The fourth-order valence-corrected chi connectivity index (χ4v) is 3.73. The molecule has 1 aliphatic carbocycles. The standard InChI is InChI=1S/C20H23N3O/c1-23-10-8-16(9-11-23)21-20(24)22-17-6-7-19-15(13-17)12-14-4-2-3-5-18(14)19/h2-7,13,16H,8-12H2,1H3,(H2,21,22,24). The Morgan fingerprint density at radius 2 is 1.79 bits per heavy atom. The molecule has 0 bridgehead atoms. The van der Waals surface area contributed by atoms with Gasteiger partial charge in [-0.25, -0.2) is 4.79 Å². The SMILES string of the molecule is CN1CCC(NC(=O)Nc2ccc3c(c2)Cc2ccccc2-3)CC1. The molecule has 0 spiro atoms. The van der Waals surface area contributed by atoms with Crippen molar-refractivity contribution >= 4 is 11.7 Å². The van der Waals surface area contributed by atoms with Gasteiger partial charge in [0.05, 0.1) is 0 Å². The zero-order valence-corrected chi connectivity index (χ0v) is 14.0. The van der Waals surface area contributed by atoms with Crippen molar-refractivity contribution in [2.75, 3.05) is 25.5 Å². The van der Waals surface area contributed by atoms with E-state index in [1.165, 1.54) is 22.3 Å². The zero-order chi connectivity index (χ0) is 16.5. The van der Waals surface area contributed by atoms with Gasteiger partial charge in [0, 0.05) is 11.7 Å². The Kier molecular flexibility index (Phi) is 3.98. The molecular formula is C20H23N3O. The van der Waals surface area contributed by atoms with E-state index in [9.17, 15) is 4.79 Å². The van der Waals surface area contributed by atoms with Crippen LogP contribution < -0.4 is 10.6 Å². The van der Waals surface area contributed by atoms with Gasteiger partial charge in [-0.15, -0.1) is 0 Å². The first-order valence-electron chi connectivity index (χ1n) is 8.66. The van der Waals surface area contributed by atoms with Crippen LogP contribution in [0.5, 0.6) is 0 Å². The molecule has 2 aromatic rings. The van der Waals surface area contributed by atoms with Crippen molar-refractivity contribution in [3.63, 3.8) is 0 Å². The Bertz CT molecular complexity index is 763. The lowest BCUT2D eigenvalue weighted by Gasteiger charge is -2.29. The van der Waals surface area contributed by atoms with Crippen LogP contribution in [0.15, 0.2) is 42.5 Å². The second-order valence-electron chi connectivity index (χ2n) is 6.88. The largest absolute Gasteiger partial charge is 0.335 e. The van der Waals surface area contributed by atoms with Gasteiger partial charge in [-0.1, -0.05) is 30.3 Å². The fourth-order valence-electron chi connectivity index (χ4n) is 3.73. The van der Waals surface area contributed by atoms with E-state index in [0.29, 0.717) is 0 Å². The fraction of sp³-hybridized carbons (Fsp3) is 0.350. The van der Waals surface area contributed by atoms with E-state index < -0.39 is 0 Å². The number of urea groups is 1. The third-order valence-electron chi connectivity index (χ3n) is 5.11. The number of nitrogens with zero attached hydrogens (tertiary/aromatic N) is 1. The molecule has 1 heterocycles. The molecule has 0 radical (unpaired) electrons. The van der Waals surface area contributed by atoms with Crippen LogP contribution in [0.25, 0.3) is 11.1 Å². The number of benzene rings is 2. The summed E-state index contributed by atoms with van der Waals surface area (Å²) in [5, 5.41) is 6.09. The van der Waals surface area contributed by atoms with Crippen LogP contribution in [-0.2, 0) is 6.42 Å². The number of amides is 2. The molecule has 4 rings (SSSR count). The zero-order valence-electron chi connectivity index (χ0n) is 14.0. The molecule has 2 aromatic carbocycles. The minimum atomic E-state index is -0.0972. The molecular weight excluding hydrogens is 298 g/mol. The number of hydrogen-bond donors (Lipinski definition) is 2. The number of likely N-dealkylation sites (tertiary alicyclic amines) is 1. The first kappa shape index (κ1) is 15.2. The van der Waals surface area contributed by atoms with E-state index in [2.05, 4.69) is 59.0 Å². The topological polar surface area (TPSA) is 44.4 Å². The van der Waals surface area contributed by atoms with E-state index in [4.69, 9.17) is 0 Å². The predicted molar refractivity (Wildman–Crippen MR) is 97.4 cm³/mol. The third kappa shape index (κ3) is 3.02. The molecule has 24 heavy (non-hydrogen) atoms. The lowest BCUT2D eigenvalue weighted by atomic mass is 10.1. The maximum absolute atomic E-state index is 12.2. The molecule has 2 aliphatic rings. The molecule has 0 atom stereocenters. The van der Waals surface area contributed by atoms with E-state index in [1.807, 2.05) is 6.07 Å². The number of piperidine rings is 1. The van der Waals surface area contributed by atoms with Crippen LogP contribution in [0.4, 0.5) is 10.5 Å². The molecule has 0 aromatic heterocycles. The summed E-state index contributed by atoms with van der Waals surface area (Å²) in [5.74, 6) is 0. The van der Waals surface area contributed by atoms with Gasteiger partial charge < -0.3 is 15.5 Å². The molecule has 4 nitrogen and oxygen atoms in total. The minimum Gasteiger partial charge on any atom is -0.335 e. The molecule has 124 valence electrons. The lowest BCUT2D eigenvalue weighted by Crippen LogP contribution is -2.44. The highest BCUT2D eigenvalue weighted by molar-refractivity contribution is 5.90. The Morgan fingerprint density at radius 1 is 1.04 bits per heavy atom. The van der Waals surface area contributed by atoms with E-state index in [1.54, 1.807) is 0 Å². The van der Waals surface area contributed by atoms with Crippen molar-refractivity contribution < 1.29 is 4.79 Å². The summed E-state index contributed by atoms with van der Waals surface area (Å²) >= 11 is 0. The summed E-state index contributed by atoms with van der Waals surface area (Å²) in [6, 6.07) is 14.9. The highest BCUT2D eigenvalue weighted by Gasteiger charge is 2.20. The van der Waals surface area contributed by atoms with E-state index >= 15 is 0 Å². The Morgan fingerprint density at radius 3 is 2.62 bits per heavy atom. The van der Waals surface area contributed by atoms with Gasteiger partial charge in [-0.3, -0.25) is 0 Å². The Balaban J connectivity index is 1.41. The molecule has 2 amide bonds. The van der Waals surface area contributed by atoms with E-state index in [0.717, 1.165) is 38.0 Å². The predicted octanol–water partition coefficient (Wildman–Crippen LogP) is 3.47. The summed E-state index contributed by atoms with van der Waals surface area (Å²) in [4.78, 5) is 14.5. The minimum absolute atomic E-state index is 0.0972. The van der Waals surface area contributed by atoms with Crippen LogP contribution in [0, 0.1) is 0 Å². The Hall–Kier alpha value is -2.33. The van der Waals surface area contributed by atoms with Gasteiger partial charge in [0.25, 0.3) is 0 Å². The molecule has 2 N–H and O–H groups in total. The number of carbonyl (C=O) groups excluding carboxylic acids is 1. The molecule has 0 unspecified atom stereocenters. The summed E-state index contributed by atoms with van der Waals surface area (Å²) in [7, 11) is 2.12. The van der Waals surface area contributed by atoms with Gasteiger partial charge in [0.2, 0.25) is 0 Å². The first-order chi connectivity index (χ1) is 11.7. The van der Waals surface area contributed by atoms with Crippen LogP contribution >= 0.6 is 0 Å². The van der Waals surface area contributed by atoms with Crippen molar-refractivity contribution in [2.24, 2.45) is 0 Å². The number of anilines is 1. The molecule has 4 heteroatoms. The Labute approximate surface area is 142 Å². The lowest BCUT2D eigenvalue weighted by molar-refractivity contribution is 0.221. The average molecular weight is 321 g/mol. The van der Waals surface area contributed by atoms with Crippen LogP contribution in [0.1, 0.15) is 24.0 Å². The smallest absolute Gasteiger partial charge is 0.319 e. The van der Waals surface area contributed by atoms with Crippen molar-refractivity contribution in [1.82, 2.24) is 10.2 Å².